The highest BCUT2D eigenvalue weighted by molar-refractivity contribution is 4.98. The van der Waals surface area contributed by atoms with E-state index in [0.29, 0.717) is 0 Å². The van der Waals surface area contributed by atoms with Crippen molar-refractivity contribution in [1.82, 2.24) is 0 Å². The smallest absolute Gasteiger partial charge is 0.0355 e. The van der Waals surface area contributed by atoms with Crippen molar-refractivity contribution in [3.05, 3.63) is 0 Å². The number of fused-ring (bicyclic) bond motifs is 1. The van der Waals surface area contributed by atoms with Crippen LogP contribution in [0.3, 0.4) is 0 Å². The molecule has 46 valence electrons. The summed E-state index contributed by atoms with van der Waals surface area (Å²) in [7, 11) is 0. The number of hydrogen-bond donors (Lipinski definition) is 0. The number of rotatable bonds is 0. The highest BCUT2D eigenvalue weighted by Gasteiger charge is 2.49. The molecule has 8 heavy (non-hydrogen) atoms. The van der Waals surface area contributed by atoms with Gasteiger partial charge >= 0.3 is 0 Å². The molecule has 2 saturated carbocycles. The van der Waals surface area contributed by atoms with Gasteiger partial charge < -0.3 is 0 Å². The molecule has 0 saturated heterocycles. The van der Waals surface area contributed by atoms with Crippen LogP contribution in [0.4, 0.5) is 0 Å². The zero-order valence-electron chi connectivity index (χ0n) is 5.72. The third kappa shape index (κ3) is 0.463. The van der Waals surface area contributed by atoms with E-state index in [1.165, 1.54) is 12.3 Å². The first-order valence-electron chi connectivity index (χ1n) is 3.79. The molecule has 0 heterocycles. The van der Waals surface area contributed by atoms with Crippen LogP contribution in [0.5, 0.6) is 0 Å². The van der Waals surface area contributed by atoms with Crippen LogP contribution in [-0.2, 0) is 0 Å². The van der Waals surface area contributed by atoms with Gasteiger partial charge in [-0.05, 0) is 36.5 Å². The van der Waals surface area contributed by atoms with Crippen LogP contribution in [0.25, 0.3) is 0 Å². The fourth-order valence-electron chi connectivity index (χ4n) is 2.30. The Labute approximate surface area is 51.3 Å². The van der Waals surface area contributed by atoms with Crippen molar-refractivity contribution < 1.29 is 0 Å². The van der Waals surface area contributed by atoms with Crippen LogP contribution in [0.2, 0.25) is 0 Å². The van der Waals surface area contributed by atoms with Crippen LogP contribution in [0.15, 0.2) is 0 Å². The minimum Gasteiger partial charge on any atom is -0.0622 e. The van der Waals surface area contributed by atoms with Crippen LogP contribution in [0, 0.1) is 23.7 Å². The molecular weight excluding hydrogens is 96.1 g/mol. The Morgan fingerprint density at radius 2 is 1.88 bits per heavy atom. The zero-order chi connectivity index (χ0) is 5.72. The van der Waals surface area contributed by atoms with Gasteiger partial charge in [-0.2, -0.15) is 0 Å². The summed E-state index contributed by atoms with van der Waals surface area (Å²) in [4.78, 5) is 0. The Hall–Kier alpha value is 0. The fraction of sp³-hybridized carbons (Fsp3) is 1.00. The second-order valence-corrected chi connectivity index (χ2v) is 3.73. The Balaban J connectivity index is 2.08. The molecule has 0 heteroatoms. The summed E-state index contributed by atoms with van der Waals surface area (Å²) >= 11 is 0. The minimum atomic E-state index is 1.04. The molecule has 0 bridgehead atoms. The lowest BCUT2D eigenvalue weighted by atomic mass is 9.95. The molecule has 0 N–H and O–H groups in total. The monoisotopic (exact) mass is 110 g/mol. The summed E-state index contributed by atoms with van der Waals surface area (Å²) < 4.78 is 0. The Morgan fingerprint density at radius 3 is 2.12 bits per heavy atom. The molecule has 0 nitrogen and oxygen atoms in total. The molecule has 0 radical (unpaired) electrons. The van der Waals surface area contributed by atoms with E-state index in [9.17, 15) is 0 Å². The van der Waals surface area contributed by atoms with Gasteiger partial charge in [0.2, 0.25) is 0 Å². The highest BCUT2D eigenvalue weighted by Crippen LogP contribution is 2.57. The van der Waals surface area contributed by atoms with Crippen molar-refractivity contribution in [2.45, 2.75) is 26.7 Å². The lowest BCUT2D eigenvalue weighted by Gasteiger charge is -2.10. The van der Waals surface area contributed by atoms with Gasteiger partial charge in [-0.1, -0.05) is 13.8 Å². The summed E-state index contributed by atoms with van der Waals surface area (Å²) in [5.74, 6) is 4.42. The summed E-state index contributed by atoms with van der Waals surface area (Å²) in [5, 5.41) is 0. The molecule has 0 amide bonds. The second kappa shape index (κ2) is 1.29. The van der Waals surface area contributed by atoms with E-state index in [4.69, 9.17) is 0 Å². The van der Waals surface area contributed by atoms with Crippen molar-refractivity contribution in [2.75, 3.05) is 0 Å². The van der Waals surface area contributed by atoms with Gasteiger partial charge in [-0.3, -0.25) is 0 Å². The van der Waals surface area contributed by atoms with Crippen LogP contribution in [-0.4, -0.2) is 0 Å². The van der Waals surface area contributed by atoms with Gasteiger partial charge in [0.05, 0.1) is 0 Å². The first-order valence-corrected chi connectivity index (χ1v) is 3.79. The van der Waals surface area contributed by atoms with E-state index in [2.05, 4.69) is 13.8 Å². The molecule has 0 aromatic heterocycles. The molecule has 4 atom stereocenters. The van der Waals surface area contributed by atoms with Gasteiger partial charge in [0, 0.05) is 0 Å². The van der Waals surface area contributed by atoms with Gasteiger partial charge in [-0.25, -0.2) is 0 Å². The lowest BCUT2D eigenvalue weighted by molar-refractivity contribution is 0.394. The summed E-state index contributed by atoms with van der Waals surface area (Å²) in [6, 6.07) is 0. The van der Waals surface area contributed by atoms with Crippen molar-refractivity contribution >= 4 is 0 Å². The molecular formula is C8H14. The summed E-state index contributed by atoms with van der Waals surface area (Å²) in [6.45, 7) is 4.82. The van der Waals surface area contributed by atoms with E-state index in [1.807, 2.05) is 0 Å². The van der Waals surface area contributed by atoms with Crippen molar-refractivity contribution in [3.63, 3.8) is 0 Å². The van der Waals surface area contributed by atoms with Gasteiger partial charge in [-0.15, -0.1) is 0 Å². The molecule has 0 aliphatic heterocycles. The van der Waals surface area contributed by atoms with Crippen LogP contribution in [0.1, 0.15) is 26.7 Å². The third-order valence-electron chi connectivity index (χ3n) is 3.22. The van der Waals surface area contributed by atoms with Crippen molar-refractivity contribution in [2.24, 2.45) is 23.7 Å². The van der Waals surface area contributed by atoms with Crippen molar-refractivity contribution in [1.29, 1.82) is 0 Å². The topological polar surface area (TPSA) is 0 Å². The quantitative estimate of drug-likeness (QED) is 0.449. The predicted molar refractivity (Wildman–Crippen MR) is 34.5 cm³/mol. The molecule has 4 unspecified atom stereocenters. The fourth-order valence-corrected chi connectivity index (χ4v) is 2.30. The SMILES string of the molecule is CC1CC2CC2C1C. The first-order chi connectivity index (χ1) is 3.79. The van der Waals surface area contributed by atoms with Crippen molar-refractivity contribution in [3.8, 4) is 0 Å². The summed E-state index contributed by atoms with van der Waals surface area (Å²) in [6.07, 6.45) is 3.09. The van der Waals surface area contributed by atoms with Gasteiger partial charge in [0.15, 0.2) is 0 Å². The van der Waals surface area contributed by atoms with E-state index >= 15 is 0 Å². The lowest BCUT2D eigenvalue weighted by Crippen LogP contribution is -2.02. The normalized spacial score (nSPS) is 60.8. The Bertz CT molecular complexity index is 105. The molecule has 0 aromatic rings. The van der Waals surface area contributed by atoms with E-state index < -0.39 is 0 Å². The Morgan fingerprint density at radius 1 is 1.12 bits per heavy atom. The first kappa shape index (κ1) is 4.84. The van der Waals surface area contributed by atoms with Crippen LogP contribution >= 0.6 is 0 Å². The largest absolute Gasteiger partial charge is 0.0622 e. The molecule has 2 aliphatic rings. The Kier molecular flexibility index (Phi) is 0.778. The predicted octanol–water partition coefficient (Wildman–Crippen LogP) is 2.30. The molecule has 2 rings (SSSR count). The molecule has 2 aliphatic carbocycles. The molecule has 0 aromatic carbocycles. The maximum atomic E-state index is 2.42. The highest BCUT2D eigenvalue weighted by atomic mass is 14.5. The second-order valence-electron chi connectivity index (χ2n) is 3.73. The summed E-state index contributed by atoms with van der Waals surface area (Å²) in [5.41, 5.74) is 0. The minimum absolute atomic E-state index is 1.04. The van der Waals surface area contributed by atoms with Crippen LogP contribution < -0.4 is 0 Å². The average molecular weight is 110 g/mol. The standard InChI is InChI=1S/C8H14/c1-5-3-7-4-8(7)6(5)2/h5-8H,3-4H2,1-2H3. The van der Waals surface area contributed by atoms with E-state index in [-0.39, 0.29) is 0 Å². The van der Waals surface area contributed by atoms with Gasteiger partial charge in [0.25, 0.3) is 0 Å². The van der Waals surface area contributed by atoms with E-state index in [0.717, 1.165) is 17.8 Å². The number of hydrogen-bond acceptors (Lipinski definition) is 0. The maximum absolute atomic E-state index is 2.42. The van der Waals surface area contributed by atoms with Gasteiger partial charge in [0.1, 0.15) is 0 Å². The van der Waals surface area contributed by atoms with E-state index in [1.54, 1.807) is 6.42 Å². The molecule has 0 spiro atoms. The average Bonchev–Trinajstić information content (AvgIpc) is 2.39. The molecule has 2 fully saturated rings. The maximum Gasteiger partial charge on any atom is -0.0355 e. The third-order valence-corrected chi connectivity index (χ3v) is 3.22. The zero-order valence-corrected chi connectivity index (χ0v) is 5.72.